The zero-order chi connectivity index (χ0) is 21.3. The van der Waals surface area contributed by atoms with E-state index in [0.717, 1.165) is 0 Å². The largest absolute Gasteiger partial charge is 0.491 e. The molecule has 0 aliphatic carbocycles. The van der Waals surface area contributed by atoms with Crippen LogP contribution in [0.15, 0.2) is 23.1 Å². The van der Waals surface area contributed by atoms with Crippen molar-refractivity contribution in [1.29, 1.82) is 0 Å². The van der Waals surface area contributed by atoms with Crippen LogP contribution in [-0.4, -0.2) is 66.3 Å². The van der Waals surface area contributed by atoms with Gasteiger partial charge in [-0.3, -0.25) is 14.5 Å². The molecule has 11 heteroatoms. The maximum absolute atomic E-state index is 14.6. The predicted octanol–water partition coefficient (Wildman–Crippen LogP) is 1.29. The van der Waals surface area contributed by atoms with Crippen molar-refractivity contribution in [3.8, 4) is 5.75 Å². The maximum Gasteiger partial charge on any atom is 0.263 e. The number of aryl methyl sites for hydroxylation is 1. The van der Waals surface area contributed by atoms with Gasteiger partial charge in [0.1, 0.15) is 23.4 Å². The topological polar surface area (TPSA) is 88.5 Å². The summed E-state index contributed by atoms with van der Waals surface area (Å²) in [6.45, 7) is 2.15. The maximum atomic E-state index is 14.6. The highest BCUT2D eigenvalue weighted by molar-refractivity contribution is 5.74. The fourth-order valence-corrected chi connectivity index (χ4v) is 3.48. The molecule has 0 saturated carbocycles. The van der Waals surface area contributed by atoms with Crippen LogP contribution in [0.5, 0.6) is 5.75 Å². The van der Waals surface area contributed by atoms with Crippen molar-refractivity contribution in [3.05, 3.63) is 40.3 Å². The molecular formula is C19H22F2N6O3. The second-order valence-corrected chi connectivity index (χ2v) is 6.95. The van der Waals surface area contributed by atoms with Crippen molar-refractivity contribution in [2.45, 2.75) is 0 Å². The summed E-state index contributed by atoms with van der Waals surface area (Å²) in [5.74, 6) is -0.827. The van der Waals surface area contributed by atoms with Gasteiger partial charge in [0.15, 0.2) is 17.3 Å². The third-order valence-electron chi connectivity index (χ3n) is 5.03. The van der Waals surface area contributed by atoms with Crippen LogP contribution in [0, 0.1) is 11.6 Å². The molecule has 1 aliphatic rings. The summed E-state index contributed by atoms with van der Waals surface area (Å²) < 4.78 is 40.9. The van der Waals surface area contributed by atoms with Gasteiger partial charge in [-0.1, -0.05) is 0 Å². The lowest BCUT2D eigenvalue weighted by atomic mass is 10.2. The SMILES string of the molecule is COCCOc1cc(F)c(N2CCN(c3nc4c(cnn4C)c(=O)[nH]3)CC2)c(F)c1. The Kier molecular flexibility index (Phi) is 5.53. The van der Waals surface area contributed by atoms with Gasteiger partial charge in [0.2, 0.25) is 5.95 Å². The Morgan fingerprint density at radius 2 is 1.77 bits per heavy atom. The second-order valence-electron chi connectivity index (χ2n) is 6.95. The minimum atomic E-state index is -0.682. The summed E-state index contributed by atoms with van der Waals surface area (Å²) in [5.41, 5.74) is 0.126. The van der Waals surface area contributed by atoms with Crippen LogP contribution in [0.4, 0.5) is 20.4 Å². The highest BCUT2D eigenvalue weighted by Crippen LogP contribution is 2.29. The average molecular weight is 420 g/mol. The summed E-state index contributed by atoms with van der Waals surface area (Å²) in [6.07, 6.45) is 1.47. The number of anilines is 2. The number of aromatic amines is 1. The van der Waals surface area contributed by atoms with Crippen LogP contribution < -0.4 is 20.1 Å². The molecule has 0 bridgehead atoms. The molecule has 160 valence electrons. The predicted molar refractivity (Wildman–Crippen MR) is 107 cm³/mol. The molecule has 1 N–H and O–H groups in total. The molecule has 30 heavy (non-hydrogen) atoms. The Morgan fingerprint density at radius 3 is 2.43 bits per heavy atom. The number of ether oxygens (including phenoxy) is 2. The quantitative estimate of drug-likeness (QED) is 0.601. The number of piperazine rings is 1. The lowest BCUT2D eigenvalue weighted by Gasteiger charge is -2.36. The highest BCUT2D eigenvalue weighted by Gasteiger charge is 2.25. The van der Waals surface area contributed by atoms with Crippen LogP contribution in [0.3, 0.4) is 0 Å². The van der Waals surface area contributed by atoms with Crippen molar-refractivity contribution in [2.75, 3.05) is 56.3 Å². The number of rotatable bonds is 6. The molecular weight excluding hydrogens is 398 g/mol. The van der Waals surface area contributed by atoms with E-state index < -0.39 is 11.6 Å². The minimum Gasteiger partial charge on any atom is -0.491 e. The van der Waals surface area contributed by atoms with E-state index in [-0.39, 0.29) is 23.6 Å². The number of halogens is 2. The molecule has 1 aromatic carbocycles. The van der Waals surface area contributed by atoms with Gasteiger partial charge in [-0.15, -0.1) is 0 Å². The van der Waals surface area contributed by atoms with Gasteiger partial charge < -0.3 is 19.3 Å². The van der Waals surface area contributed by atoms with Crippen molar-refractivity contribution in [2.24, 2.45) is 7.05 Å². The van der Waals surface area contributed by atoms with Gasteiger partial charge in [-0.05, 0) is 0 Å². The van der Waals surface area contributed by atoms with Gasteiger partial charge in [-0.25, -0.2) is 8.78 Å². The molecule has 9 nitrogen and oxygen atoms in total. The molecule has 0 atom stereocenters. The number of H-pyrrole nitrogens is 1. The first-order valence-corrected chi connectivity index (χ1v) is 9.50. The summed E-state index contributed by atoms with van der Waals surface area (Å²) >= 11 is 0. The highest BCUT2D eigenvalue weighted by atomic mass is 19.1. The number of aromatic nitrogens is 4. The normalized spacial score (nSPS) is 14.5. The molecule has 2 aromatic heterocycles. The Bertz CT molecular complexity index is 1080. The summed E-state index contributed by atoms with van der Waals surface area (Å²) in [4.78, 5) is 23.0. The van der Waals surface area contributed by atoms with Crippen LogP contribution in [0.25, 0.3) is 11.0 Å². The second kappa shape index (κ2) is 8.27. The third kappa shape index (κ3) is 3.80. The number of hydrogen-bond donors (Lipinski definition) is 1. The van der Waals surface area contributed by atoms with Gasteiger partial charge in [0, 0.05) is 52.5 Å². The van der Waals surface area contributed by atoms with E-state index in [9.17, 15) is 13.6 Å². The van der Waals surface area contributed by atoms with E-state index in [4.69, 9.17) is 9.47 Å². The van der Waals surface area contributed by atoms with Crippen LogP contribution in [0.2, 0.25) is 0 Å². The van der Waals surface area contributed by atoms with Gasteiger partial charge in [0.25, 0.3) is 5.56 Å². The van der Waals surface area contributed by atoms with Crippen LogP contribution in [0.1, 0.15) is 0 Å². The van der Waals surface area contributed by atoms with Crippen molar-refractivity contribution in [3.63, 3.8) is 0 Å². The molecule has 0 spiro atoms. The van der Waals surface area contributed by atoms with Gasteiger partial charge in [-0.2, -0.15) is 10.1 Å². The molecule has 3 aromatic rings. The van der Waals surface area contributed by atoms with Crippen molar-refractivity contribution in [1.82, 2.24) is 19.7 Å². The number of nitrogens with one attached hydrogen (secondary N) is 1. The van der Waals surface area contributed by atoms with E-state index in [2.05, 4.69) is 15.1 Å². The number of fused-ring (bicyclic) bond motifs is 1. The smallest absolute Gasteiger partial charge is 0.263 e. The van der Waals surface area contributed by atoms with Gasteiger partial charge >= 0.3 is 0 Å². The number of hydrogen-bond acceptors (Lipinski definition) is 7. The third-order valence-corrected chi connectivity index (χ3v) is 5.03. The Morgan fingerprint density at radius 1 is 1.10 bits per heavy atom. The number of benzene rings is 1. The Hall–Kier alpha value is -3.21. The van der Waals surface area contributed by atoms with E-state index >= 15 is 0 Å². The Labute approximate surface area is 170 Å². The fourth-order valence-electron chi connectivity index (χ4n) is 3.48. The lowest BCUT2D eigenvalue weighted by Crippen LogP contribution is -2.48. The monoisotopic (exact) mass is 420 g/mol. The molecule has 3 heterocycles. The van der Waals surface area contributed by atoms with Crippen molar-refractivity contribution < 1.29 is 18.3 Å². The minimum absolute atomic E-state index is 0.0859. The molecule has 0 amide bonds. The first kappa shape index (κ1) is 20.1. The van der Waals surface area contributed by atoms with E-state index in [0.29, 0.717) is 49.8 Å². The van der Waals surface area contributed by atoms with E-state index in [1.807, 2.05) is 4.90 Å². The molecule has 1 fully saturated rings. The Balaban J connectivity index is 1.48. The number of nitrogens with zero attached hydrogens (tertiary/aromatic N) is 5. The summed E-state index contributed by atoms with van der Waals surface area (Å²) in [5, 5.41) is 4.47. The number of methoxy groups -OCH3 is 1. The van der Waals surface area contributed by atoms with E-state index in [1.165, 1.54) is 30.1 Å². The molecule has 0 radical (unpaired) electrons. The summed E-state index contributed by atoms with van der Waals surface area (Å²) in [7, 11) is 3.23. The van der Waals surface area contributed by atoms with Crippen LogP contribution >= 0.6 is 0 Å². The fraction of sp³-hybridized carbons (Fsp3) is 0.421. The zero-order valence-electron chi connectivity index (χ0n) is 16.7. The molecule has 1 saturated heterocycles. The van der Waals surface area contributed by atoms with Gasteiger partial charge in [0.05, 0.1) is 12.8 Å². The summed E-state index contributed by atoms with van der Waals surface area (Å²) in [6, 6.07) is 2.35. The molecule has 4 rings (SSSR count). The average Bonchev–Trinajstić information content (AvgIpc) is 3.10. The first-order valence-electron chi connectivity index (χ1n) is 9.50. The zero-order valence-corrected chi connectivity index (χ0v) is 16.7. The molecule has 1 aliphatic heterocycles. The van der Waals surface area contributed by atoms with Crippen molar-refractivity contribution >= 4 is 22.7 Å². The molecule has 0 unspecified atom stereocenters. The standard InChI is InChI=1S/C19H22F2N6O3/c1-25-17-13(11-22-25)18(28)24-19(23-17)27-5-3-26(4-6-27)16-14(20)9-12(10-15(16)21)30-8-7-29-2/h9-11H,3-8H2,1-2H3,(H,23,24,28). The van der Waals surface area contributed by atoms with Crippen LogP contribution in [-0.2, 0) is 11.8 Å². The lowest BCUT2D eigenvalue weighted by molar-refractivity contribution is 0.146. The van der Waals surface area contributed by atoms with E-state index in [1.54, 1.807) is 11.9 Å². The first-order chi connectivity index (χ1) is 14.5.